The molecule has 0 unspecified atom stereocenters. The first kappa shape index (κ1) is 11.7. The van der Waals surface area contributed by atoms with Crippen LogP contribution in [0.25, 0.3) is 0 Å². The van der Waals surface area contributed by atoms with Gasteiger partial charge in [0.05, 0.1) is 12.6 Å². The van der Waals surface area contributed by atoms with Gasteiger partial charge in [0.2, 0.25) is 0 Å². The van der Waals surface area contributed by atoms with Crippen molar-refractivity contribution in [2.45, 2.75) is 27.3 Å². The van der Waals surface area contributed by atoms with E-state index < -0.39 is 0 Å². The minimum absolute atomic E-state index is 0.504. The highest BCUT2D eigenvalue weighted by molar-refractivity contribution is 5.30. The first-order valence-electron chi connectivity index (χ1n) is 5.32. The maximum absolute atomic E-state index is 8.68. The molecule has 1 aromatic rings. The normalized spacial score (nSPS) is 10.3. The fraction of sp³-hybridized carbons (Fsp3) is 0.462. The molecule has 0 spiro atoms. The van der Waals surface area contributed by atoms with Crippen LogP contribution in [0, 0.1) is 25.2 Å². The van der Waals surface area contributed by atoms with Crippen LogP contribution in [-0.2, 0) is 6.54 Å². The third kappa shape index (κ3) is 3.38. The maximum Gasteiger partial charge on any atom is 0.0868 e. The van der Waals surface area contributed by atoms with Crippen molar-refractivity contribution in [3.63, 3.8) is 0 Å². The van der Waals surface area contributed by atoms with Crippen molar-refractivity contribution in [2.24, 2.45) is 0 Å². The highest BCUT2D eigenvalue weighted by Crippen LogP contribution is 2.12. The molecule has 0 saturated heterocycles. The fourth-order valence-corrected chi connectivity index (χ4v) is 1.59. The predicted molar refractivity (Wildman–Crippen MR) is 62.5 cm³/mol. The van der Waals surface area contributed by atoms with E-state index in [4.69, 9.17) is 5.26 Å². The quantitative estimate of drug-likeness (QED) is 0.702. The summed E-state index contributed by atoms with van der Waals surface area (Å²) in [5.41, 5.74) is 3.91. The van der Waals surface area contributed by atoms with E-state index in [1.165, 1.54) is 16.7 Å². The zero-order chi connectivity index (χ0) is 11.3. The van der Waals surface area contributed by atoms with Crippen LogP contribution in [0.4, 0.5) is 0 Å². The van der Waals surface area contributed by atoms with Gasteiger partial charge >= 0.3 is 0 Å². The average Bonchev–Trinajstić information content (AvgIpc) is 2.22. The highest BCUT2D eigenvalue weighted by atomic mass is 15.1. The van der Waals surface area contributed by atoms with Gasteiger partial charge < -0.3 is 0 Å². The lowest BCUT2D eigenvalue weighted by Crippen LogP contribution is -2.23. The molecular weight excluding hydrogens is 184 g/mol. The van der Waals surface area contributed by atoms with Gasteiger partial charge in [-0.15, -0.1) is 0 Å². The average molecular weight is 202 g/mol. The van der Waals surface area contributed by atoms with Gasteiger partial charge in [-0.1, -0.05) is 30.7 Å². The molecule has 0 bridgehead atoms. The third-order valence-electron chi connectivity index (χ3n) is 2.64. The molecule has 0 saturated carbocycles. The molecule has 2 nitrogen and oxygen atoms in total. The molecule has 0 aliphatic carbocycles. The van der Waals surface area contributed by atoms with Crippen LogP contribution in [0.15, 0.2) is 18.2 Å². The summed E-state index contributed by atoms with van der Waals surface area (Å²) in [6, 6.07) is 8.67. The lowest BCUT2D eigenvalue weighted by Gasteiger charge is -2.18. The van der Waals surface area contributed by atoms with Gasteiger partial charge in [0, 0.05) is 6.54 Å². The maximum atomic E-state index is 8.68. The Morgan fingerprint density at radius 3 is 2.67 bits per heavy atom. The Kier molecular flexibility index (Phi) is 4.33. The van der Waals surface area contributed by atoms with E-state index in [0.717, 1.165) is 13.1 Å². The molecule has 0 N–H and O–H groups in total. The zero-order valence-corrected chi connectivity index (χ0v) is 9.75. The van der Waals surface area contributed by atoms with Crippen LogP contribution in [-0.4, -0.2) is 18.0 Å². The number of aryl methyl sites for hydroxylation is 2. The summed E-state index contributed by atoms with van der Waals surface area (Å²) < 4.78 is 0. The van der Waals surface area contributed by atoms with E-state index in [1.54, 1.807) is 0 Å². The predicted octanol–water partition coefficient (Wildman–Crippen LogP) is 2.65. The fourth-order valence-electron chi connectivity index (χ4n) is 1.59. The van der Waals surface area contributed by atoms with E-state index in [-0.39, 0.29) is 0 Å². The molecule has 1 rings (SSSR count). The lowest BCUT2D eigenvalue weighted by molar-refractivity contribution is 0.314. The molecule has 0 radical (unpaired) electrons. The summed E-state index contributed by atoms with van der Waals surface area (Å²) in [4.78, 5) is 2.14. The Bertz CT molecular complexity index is 363. The molecular formula is C13H18N2. The molecule has 0 aromatic heterocycles. The van der Waals surface area contributed by atoms with Gasteiger partial charge in [-0.2, -0.15) is 5.26 Å². The number of nitrogens with zero attached hydrogens (tertiary/aromatic N) is 2. The number of hydrogen-bond donors (Lipinski definition) is 0. The molecule has 0 atom stereocenters. The molecule has 0 amide bonds. The van der Waals surface area contributed by atoms with Crippen molar-refractivity contribution >= 4 is 0 Å². The minimum Gasteiger partial charge on any atom is -0.287 e. The number of nitriles is 1. The smallest absolute Gasteiger partial charge is 0.0868 e. The van der Waals surface area contributed by atoms with E-state index in [0.29, 0.717) is 6.54 Å². The van der Waals surface area contributed by atoms with Crippen LogP contribution in [0.3, 0.4) is 0 Å². The highest BCUT2D eigenvalue weighted by Gasteiger charge is 2.05. The summed E-state index contributed by atoms with van der Waals surface area (Å²) >= 11 is 0. The van der Waals surface area contributed by atoms with Crippen LogP contribution >= 0.6 is 0 Å². The van der Waals surface area contributed by atoms with Gasteiger partial charge in [-0.3, -0.25) is 4.90 Å². The first-order chi connectivity index (χ1) is 7.17. The summed E-state index contributed by atoms with van der Waals surface area (Å²) in [6.07, 6.45) is 0. The lowest BCUT2D eigenvalue weighted by atomic mass is 10.1. The van der Waals surface area contributed by atoms with E-state index >= 15 is 0 Å². The third-order valence-corrected chi connectivity index (χ3v) is 2.64. The summed E-state index contributed by atoms with van der Waals surface area (Å²) in [5, 5.41) is 8.68. The number of hydrogen-bond acceptors (Lipinski definition) is 2. The Morgan fingerprint density at radius 2 is 2.07 bits per heavy atom. The van der Waals surface area contributed by atoms with E-state index in [2.05, 4.69) is 49.9 Å². The molecule has 0 aliphatic rings. The minimum atomic E-state index is 0.504. The SMILES string of the molecule is CCN(CC#N)Cc1cc(C)ccc1C. The summed E-state index contributed by atoms with van der Waals surface area (Å²) in [5.74, 6) is 0. The molecule has 0 fully saturated rings. The zero-order valence-electron chi connectivity index (χ0n) is 9.75. The van der Waals surface area contributed by atoms with E-state index in [1.807, 2.05) is 0 Å². The largest absolute Gasteiger partial charge is 0.287 e. The molecule has 80 valence electrons. The Morgan fingerprint density at radius 1 is 1.33 bits per heavy atom. The molecule has 0 aliphatic heterocycles. The number of benzene rings is 1. The van der Waals surface area contributed by atoms with Crippen molar-refractivity contribution in [1.29, 1.82) is 5.26 Å². The summed E-state index contributed by atoms with van der Waals surface area (Å²) in [7, 11) is 0. The first-order valence-corrected chi connectivity index (χ1v) is 5.32. The van der Waals surface area contributed by atoms with Crippen molar-refractivity contribution in [3.05, 3.63) is 34.9 Å². The van der Waals surface area contributed by atoms with Gasteiger partial charge in [0.15, 0.2) is 0 Å². The van der Waals surface area contributed by atoms with Crippen LogP contribution in [0.2, 0.25) is 0 Å². The molecule has 15 heavy (non-hydrogen) atoms. The second-order valence-electron chi connectivity index (χ2n) is 3.89. The number of rotatable bonds is 4. The summed E-state index contributed by atoms with van der Waals surface area (Å²) in [6.45, 7) is 8.60. The van der Waals surface area contributed by atoms with Crippen LogP contribution in [0.5, 0.6) is 0 Å². The standard InChI is InChI=1S/C13H18N2/c1-4-15(8-7-14)10-13-9-11(2)5-6-12(13)3/h5-6,9H,4,8,10H2,1-3H3. The Balaban J connectivity index is 2.78. The molecule has 0 heterocycles. The molecule has 1 aromatic carbocycles. The Hall–Kier alpha value is -1.33. The van der Waals surface area contributed by atoms with Gasteiger partial charge in [-0.25, -0.2) is 0 Å². The second-order valence-corrected chi connectivity index (χ2v) is 3.89. The van der Waals surface area contributed by atoms with Crippen LogP contribution in [0.1, 0.15) is 23.6 Å². The van der Waals surface area contributed by atoms with Gasteiger partial charge in [0.1, 0.15) is 0 Å². The Labute approximate surface area is 92.1 Å². The van der Waals surface area contributed by atoms with Crippen molar-refractivity contribution in [3.8, 4) is 6.07 Å². The van der Waals surface area contributed by atoms with Crippen LogP contribution < -0.4 is 0 Å². The van der Waals surface area contributed by atoms with Crippen molar-refractivity contribution in [1.82, 2.24) is 4.90 Å². The van der Waals surface area contributed by atoms with Crippen molar-refractivity contribution < 1.29 is 0 Å². The van der Waals surface area contributed by atoms with E-state index in [9.17, 15) is 0 Å². The van der Waals surface area contributed by atoms with Gasteiger partial charge in [0.25, 0.3) is 0 Å². The molecule has 2 heteroatoms. The van der Waals surface area contributed by atoms with Gasteiger partial charge in [-0.05, 0) is 31.5 Å². The van der Waals surface area contributed by atoms with Crippen molar-refractivity contribution in [2.75, 3.05) is 13.1 Å². The monoisotopic (exact) mass is 202 g/mol. The topological polar surface area (TPSA) is 27.0 Å². The second kappa shape index (κ2) is 5.53.